The largest absolute Gasteiger partial charge is 0.289 e. The number of nitrogens with one attached hydrogen (secondary N) is 1. The minimum absolute atomic E-state index is 0.207. The fourth-order valence-electron chi connectivity index (χ4n) is 1.52. The molecule has 3 nitrogen and oxygen atoms in total. The Bertz CT molecular complexity index is 357. The lowest BCUT2D eigenvalue weighted by atomic mass is 10.1. The van der Waals surface area contributed by atoms with Crippen molar-refractivity contribution in [2.45, 2.75) is 37.0 Å². The molecular weight excluding hydrogens is 253 g/mol. The summed E-state index contributed by atoms with van der Waals surface area (Å²) in [5, 5.41) is 8.29. The number of halogens is 1. The van der Waals surface area contributed by atoms with Crippen molar-refractivity contribution < 1.29 is 14.4 Å². The predicted octanol–water partition coefficient (Wildman–Crippen LogP) is 3.37. The number of rotatable bonds is 8. The van der Waals surface area contributed by atoms with Gasteiger partial charge in [0.15, 0.2) is 0 Å². The normalized spacial score (nSPS) is 10.3. The third-order valence-electron chi connectivity index (χ3n) is 2.51. The van der Waals surface area contributed by atoms with E-state index in [1.807, 2.05) is 0 Å². The van der Waals surface area contributed by atoms with Crippen molar-refractivity contribution in [1.82, 2.24) is 5.48 Å². The summed E-state index contributed by atoms with van der Waals surface area (Å²) < 4.78 is 12.6. The molecule has 0 aliphatic carbocycles. The summed E-state index contributed by atoms with van der Waals surface area (Å²) in [4.78, 5) is 11.8. The highest BCUT2D eigenvalue weighted by Gasteiger charge is 1.99. The van der Waals surface area contributed by atoms with Gasteiger partial charge in [0.05, 0.1) is 0 Å². The first-order chi connectivity index (χ1) is 8.72. The summed E-state index contributed by atoms with van der Waals surface area (Å²) in [7, 11) is 0. The van der Waals surface area contributed by atoms with E-state index in [1.165, 1.54) is 12.1 Å². The Hall–Kier alpha value is -1.07. The zero-order valence-corrected chi connectivity index (χ0v) is 11.0. The summed E-state index contributed by atoms with van der Waals surface area (Å²) in [5.74, 6) is 0.467. The second-order valence-electron chi connectivity index (χ2n) is 4.00. The minimum Gasteiger partial charge on any atom is -0.289 e. The van der Waals surface area contributed by atoms with E-state index in [4.69, 9.17) is 5.21 Å². The van der Waals surface area contributed by atoms with Gasteiger partial charge in [0, 0.05) is 11.3 Å². The summed E-state index contributed by atoms with van der Waals surface area (Å²) >= 11 is 1.71. The maximum Gasteiger partial charge on any atom is 0.243 e. The van der Waals surface area contributed by atoms with Gasteiger partial charge in [0.2, 0.25) is 5.91 Å². The first-order valence-corrected chi connectivity index (χ1v) is 7.02. The minimum atomic E-state index is -0.323. The molecule has 0 unspecified atom stereocenters. The highest BCUT2D eigenvalue weighted by atomic mass is 32.2. The lowest BCUT2D eigenvalue weighted by molar-refractivity contribution is -0.129. The second-order valence-corrected chi connectivity index (χ2v) is 5.17. The molecule has 1 aromatic rings. The number of hydrogen-bond acceptors (Lipinski definition) is 3. The Labute approximate surface area is 111 Å². The molecule has 1 aromatic carbocycles. The Balaban J connectivity index is 1.99. The molecule has 100 valence electrons. The third-order valence-corrected chi connectivity index (χ3v) is 3.60. The molecule has 0 fully saturated rings. The Morgan fingerprint density at radius 2 is 1.83 bits per heavy atom. The van der Waals surface area contributed by atoms with E-state index in [0.29, 0.717) is 6.42 Å². The molecule has 0 radical (unpaired) electrons. The maximum absolute atomic E-state index is 12.6. The Kier molecular flexibility index (Phi) is 7.44. The van der Waals surface area contributed by atoms with Gasteiger partial charge in [0.25, 0.3) is 0 Å². The smallest absolute Gasteiger partial charge is 0.243 e. The number of unbranched alkanes of at least 4 members (excludes halogenated alkanes) is 3. The average Bonchev–Trinajstić information content (AvgIpc) is 2.39. The molecule has 0 saturated carbocycles. The van der Waals surface area contributed by atoms with E-state index in [2.05, 4.69) is 0 Å². The van der Waals surface area contributed by atoms with Gasteiger partial charge in [-0.25, -0.2) is 9.87 Å². The predicted molar refractivity (Wildman–Crippen MR) is 70.1 cm³/mol. The van der Waals surface area contributed by atoms with Crippen LogP contribution in [-0.4, -0.2) is 16.9 Å². The van der Waals surface area contributed by atoms with Crippen molar-refractivity contribution in [1.29, 1.82) is 0 Å². The van der Waals surface area contributed by atoms with Crippen molar-refractivity contribution in [3.05, 3.63) is 30.1 Å². The van der Waals surface area contributed by atoms with Crippen LogP contribution in [0.2, 0.25) is 0 Å². The molecule has 2 N–H and O–H groups in total. The van der Waals surface area contributed by atoms with Crippen LogP contribution in [0, 0.1) is 5.82 Å². The highest BCUT2D eigenvalue weighted by molar-refractivity contribution is 7.99. The molecule has 18 heavy (non-hydrogen) atoms. The van der Waals surface area contributed by atoms with Gasteiger partial charge in [-0.1, -0.05) is 12.8 Å². The molecule has 0 spiro atoms. The number of amides is 1. The maximum atomic E-state index is 12.6. The van der Waals surface area contributed by atoms with E-state index in [1.54, 1.807) is 29.4 Å². The van der Waals surface area contributed by atoms with Gasteiger partial charge in [-0.05, 0) is 42.9 Å². The number of benzene rings is 1. The van der Waals surface area contributed by atoms with E-state index in [9.17, 15) is 9.18 Å². The van der Waals surface area contributed by atoms with Crippen LogP contribution < -0.4 is 5.48 Å². The van der Waals surface area contributed by atoms with Gasteiger partial charge in [-0.15, -0.1) is 11.8 Å². The van der Waals surface area contributed by atoms with Crippen LogP contribution in [0.4, 0.5) is 4.39 Å². The van der Waals surface area contributed by atoms with Crippen LogP contribution in [0.25, 0.3) is 0 Å². The fraction of sp³-hybridized carbons (Fsp3) is 0.462. The second kappa shape index (κ2) is 8.94. The standard InChI is InChI=1S/C13H18FNO2S/c14-11-6-8-12(9-7-11)18-10-4-2-1-3-5-13(16)15-17/h6-9,17H,1-5,10H2,(H,15,16). The number of carbonyl (C=O) groups excluding carboxylic acids is 1. The molecule has 0 bridgehead atoms. The van der Waals surface area contributed by atoms with Gasteiger partial charge < -0.3 is 0 Å². The summed E-state index contributed by atoms with van der Waals surface area (Å²) in [6.07, 6.45) is 4.29. The summed E-state index contributed by atoms with van der Waals surface area (Å²) in [5.41, 5.74) is 1.62. The number of thioether (sulfide) groups is 1. The van der Waals surface area contributed by atoms with Crippen LogP contribution in [0.15, 0.2) is 29.2 Å². The first-order valence-electron chi connectivity index (χ1n) is 6.03. The first kappa shape index (κ1) is 15.0. The molecule has 1 rings (SSSR count). The molecule has 0 saturated heterocycles. The van der Waals surface area contributed by atoms with Gasteiger partial charge in [0.1, 0.15) is 5.82 Å². The number of carbonyl (C=O) groups is 1. The Morgan fingerprint density at radius 3 is 2.50 bits per heavy atom. The van der Waals surface area contributed by atoms with Crippen molar-refractivity contribution in [2.75, 3.05) is 5.75 Å². The monoisotopic (exact) mass is 271 g/mol. The van der Waals surface area contributed by atoms with Gasteiger partial charge in [-0.2, -0.15) is 0 Å². The molecule has 0 atom stereocenters. The summed E-state index contributed by atoms with van der Waals surface area (Å²) in [6.45, 7) is 0. The highest BCUT2D eigenvalue weighted by Crippen LogP contribution is 2.20. The number of hydrogen-bond donors (Lipinski definition) is 2. The van der Waals surface area contributed by atoms with Crippen molar-refractivity contribution in [2.24, 2.45) is 0 Å². The lowest BCUT2D eigenvalue weighted by Gasteiger charge is -2.02. The van der Waals surface area contributed by atoms with Gasteiger partial charge >= 0.3 is 0 Å². The number of hydroxylamine groups is 1. The molecule has 0 heterocycles. The molecule has 5 heteroatoms. The quantitative estimate of drug-likeness (QED) is 0.330. The van der Waals surface area contributed by atoms with Crippen LogP contribution in [0.1, 0.15) is 32.1 Å². The van der Waals surface area contributed by atoms with Gasteiger partial charge in [-0.3, -0.25) is 10.0 Å². The zero-order valence-electron chi connectivity index (χ0n) is 10.2. The van der Waals surface area contributed by atoms with Crippen LogP contribution >= 0.6 is 11.8 Å². The molecule has 0 aliphatic rings. The van der Waals surface area contributed by atoms with E-state index < -0.39 is 0 Å². The van der Waals surface area contributed by atoms with Crippen molar-refractivity contribution >= 4 is 17.7 Å². The molecule has 1 amide bonds. The Morgan fingerprint density at radius 1 is 1.17 bits per heavy atom. The van der Waals surface area contributed by atoms with E-state index >= 15 is 0 Å². The van der Waals surface area contributed by atoms with Crippen LogP contribution in [-0.2, 0) is 4.79 Å². The van der Waals surface area contributed by atoms with Crippen LogP contribution in [0.5, 0.6) is 0 Å². The topological polar surface area (TPSA) is 49.3 Å². The van der Waals surface area contributed by atoms with E-state index in [-0.39, 0.29) is 11.7 Å². The SMILES string of the molecule is O=C(CCCCCCSc1ccc(F)cc1)NO. The lowest BCUT2D eigenvalue weighted by Crippen LogP contribution is -2.17. The van der Waals surface area contributed by atoms with Crippen LogP contribution in [0.3, 0.4) is 0 Å². The molecule has 0 aromatic heterocycles. The van der Waals surface area contributed by atoms with Crippen molar-refractivity contribution in [3.63, 3.8) is 0 Å². The fourth-order valence-corrected chi connectivity index (χ4v) is 2.43. The zero-order chi connectivity index (χ0) is 13.2. The van der Waals surface area contributed by atoms with E-state index in [0.717, 1.165) is 36.3 Å². The van der Waals surface area contributed by atoms with Crippen molar-refractivity contribution in [3.8, 4) is 0 Å². The summed E-state index contributed by atoms with van der Waals surface area (Å²) in [6, 6.07) is 6.50. The average molecular weight is 271 g/mol. The third kappa shape index (κ3) is 6.61. The molecule has 0 aliphatic heterocycles. The molecular formula is C13H18FNO2S.